The van der Waals surface area contributed by atoms with Crippen LogP contribution in [0, 0.1) is 5.82 Å². The van der Waals surface area contributed by atoms with E-state index in [4.69, 9.17) is 11.6 Å². The molecule has 5 heteroatoms. The SMILES string of the molecule is Fc1ccc(-c2nccc(CCl)n2)nc1. The maximum atomic E-state index is 12.6. The zero-order valence-electron chi connectivity index (χ0n) is 7.69. The van der Waals surface area contributed by atoms with Gasteiger partial charge in [0, 0.05) is 6.20 Å². The highest BCUT2D eigenvalue weighted by molar-refractivity contribution is 6.16. The molecule has 0 aliphatic carbocycles. The van der Waals surface area contributed by atoms with Crippen LogP contribution in [0.25, 0.3) is 11.5 Å². The van der Waals surface area contributed by atoms with Gasteiger partial charge in [0.1, 0.15) is 11.5 Å². The summed E-state index contributed by atoms with van der Waals surface area (Å²) >= 11 is 5.64. The molecule has 2 aromatic rings. The number of nitrogens with zero attached hydrogens (tertiary/aromatic N) is 3. The van der Waals surface area contributed by atoms with E-state index in [1.165, 1.54) is 12.1 Å². The summed E-state index contributed by atoms with van der Waals surface area (Å²) in [4.78, 5) is 12.1. The molecule has 0 unspecified atom stereocenters. The first-order valence-corrected chi connectivity index (χ1v) is 4.83. The molecule has 0 aromatic carbocycles. The summed E-state index contributed by atoms with van der Waals surface area (Å²) in [6.45, 7) is 0. The maximum absolute atomic E-state index is 12.6. The van der Waals surface area contributed by atoms with Gasteiger partial charge in [-0.15, -0.1) is 11.6 Å². The molecule has 0 aliphatic rings. The first-order valence-electron chi connectivity index (χ1n) is 4.29. The van der Waals surface area contributed by atoms with E-state index in [1.807, 2.05) is 0 Å². The normalized spacial score (nSPS) is 10.3. The average molecular weight is 224 g/mol. The third-order valence-electron chi connectivity index (χ3n) is 1.81. The number of halogens is 2. The van der Waals surface area contributed by atoms with E-state index in [1.54, 1.807) is 12.3 Å². The lowest BCUT2D eigenvalue weighted by molar-refractivity contribution is 0.621. The van der Waals surface area contributed by atoms with Crippen LogP contribution < -0.4 is 0 Å². The van der Waals surface area contributed by atoms with E-state index in [2.05, 4.69) is 15.0 Å². The van der Waals surface area contributed by atoms with Crippen LogP contribution in [0.15, 0.2) is 30.6 Å². The largest absolute Gasteiger partial charge is 0.250 e. The predicted molar refractivity (Wildman–Crippen MR) is 54.8 cm³/mol. The van der Waals surface area contributed by atoms with Gasteiger partial charge < -0.3 is 0 Å². The molecule has 76 valence electrons. The van der Waals surface area contributed by atoms with Crippen LogP contribution in [0.5, 0.6) is 0 Å². The Morgan fingerprint density at radius 3 is 2.73 bits per heavy atom. The van der Waals surface area contributed by atoms with E-state index >= 15 is 0 Å². The van der Waals surface area contributed by atoms with Crippen LogP contribution in [0.2, 0.25) is 0 Å². The Hall–Kier alpha value is -1.55. The lowest BCUT2D eigenvalue weighted by Gasteiger charge is -2.00. The Kier molecular flexibility index (Phi) is 2.87. The molecular formula is C10H7ClFN3. The molecule has 15 heavy (non-hydrogen) atoms. The van der Waals surface area contributed by atoms with Crippen molar-refractivity contribution in [2.75, 3.05) is 0 Å². The number of hydrogen-bond acceptors (Lipinski definition) is 3. The van der Waals surface area contributed by atoms with Crippen LogP contribution >= 0.6 is 11.6 Å². The van der Waals surface area contributed by atoms with Crippen molar-refractivity contribution in [2.45, 2.75) is 5.88 Å². The summed E-state index contributed by atoms with van der Waals surface area (Å²) in [7, 11) is 0. The third kappa shape index (κ3) is 2.27. The van der Waals surface area contributed by atoms with Gasteiger partial charge in [-0.05, 0) is 18.2 Å². The number of alkyl halides is 1. The van der Waals surface area contributed by atoms with Crippen LogP contribution in [-0.2, 0) is 5.88 Å². The summed E-state index contributed by atoms with van der Waals surface area (Å²) in [5, 5.41) is 0. The first kappa shape index (κ1) is 9.98. The molecule has 0 radical (unpaired) electrons. The Labute approximate surface area is 91.0 Å². The molecule has 0 amide bonds. The van der Waals surface area contributed by atoms with E-state index in [-0.39, 0.29) is 5.82 Å². The van der Waals surface area contributed by atoms with Crippen LogP contribution in [-0.4, -0.2) is 15.0 Å². The lowest BCUT2D eigenvalue weighted by Crippen LogP contribution is -1.94. The highest BCUT2D eigenvalue weighted by atomic mass is 35.5. The molecular weight excluding hydrogens is 217 g/mol. The van der Waals surface area contributed by atoms with E-state index in [0.29, 0.717) is 23.1 Å². The summed E-state index contributed by atoms with van der Waals surface area (Å²) in [5.41, 5.74) is 1.25. The predicted octanol–water partition coefficient (Wildman–Crippen LogP) is 2.42. The quantitative estimate of drug-likeness (QED) is 0.734. The average Bonchev–Trinajstić information content (AvgIpc) is 2.30. The Bertz CT molecular complexity index is 458. The van der Waals surface area contributed by atoms with Crippen LogP contribution in [0.3, 0.4) is 0 Å². The first-order chi connectivity index (χ1) is 7.29. The lowest BCUT2D eigenvalue weighted by atomic mass is 10.3. The molecule has 0 spiro atoms. The molecule has 0 saturated carbocycles. The van der Waals surface area contributed by atoms with Crippen molar-refractivity contribution in [1.29, 1.82) is 0 Å². The van der Waals surface area contributed by atoms with E-state index < -0.39 is 0 Å². The fourth-order valence-corrected chi connectivity index (χ4v) is 1.25. The number of aromatic nitrogens is 3. The second kappa shape index (κ2) is 4.31. The zero-order valence-corrected chi connectivity index (χ0v) is 8.45. The summed E-state index contributed by atoms with van der Waals surface area (Å²) in [5.74, 6) is 0.386. The van der Waals surface area contributed by atoms with Crippen molar-refractivity contribution in [3.8, 4) is 11.5 Å². The van der Waals surface area contributed by atoms with Gasteiger partial charge in [-0.1, -0.05) is 0 Å². The molecule has 0 saturated heterocycles. The summed E-state index contributed by atoms with van der Waals surface area (Å²) < 4.78 is 12.6. The van der Waals surface area contributed by atoms with Crippen molar-refractivity contribution in [3.05, 3.63) is 42.1 Å². The second-order valence-corrected chi connectivity index (χ2v) is 3.13. The van der Waals surface area contributed by atoms with E-state index in [9.17, 15) is 4.39 Å². The minimum Gasteiger partial charge on any atom is -0.250 e. The van der Waals surface area contributed by atoms with Gasteiger partial charge in [0.15, 0.2) is 5.82 Å². The molecule has 0 fully saturated rings. The van der Waals surface area contributed by atoms with Crippen molar-refractivity contribution >= 4 is 11.6 Å². The van der Waals surface area contributed by atoms with Crippen molar-refractivity contribution < 1.29 is 4.39 Å². The highest BCUT2D eigenvalue weighted by Gasteiger charge is 2.03. The molecule has 2 aromatic heterocycles. The van der Waals surface area contributed by atoms with E-state index in [0.717, 1.165) is 6.20 Å². The fourth-order valence-electron chi connectivity index (χ4n) is 1.10. The molecule has 0 aliphatic heterocycles. The van der Waals surface area contributed by atoms with Gasteiger partial charge in [-0.2, -0.15) is 0 Å². The molecule has 0 bridgehead atoms. The topological polar surface area (TPSA) is 38.7 Å². The summed E-state index contributed by atoms with van der Waals surface area (Å²) in [6, 6.07) is 4.57. The Morgan fingerprint density at radius 1 is 1.20 bits per heavy atom. The smallest absolute Gasteiger partial charge is 0.178 e. The van der Waals surface area contributed by atoms with Crippen molar-refractivity contribution in [2.24, 2.45) is 0 Å². The number of pyridine rings is 1. The second-order valence-electron chi connectivity index (χ2n) is 2.87. The van der Waals surface area contributed by atoms with Gasteiger partial charge in [0.2, 0.25) is 0 Å². The maximum Gasteiger partial charge on any atom is 0.178 e. The Morgan fingerprint density at radius 2 is 2.07 bits per heavy atom. The summed E-state index contributed by atoms with van der Waals surface area (Å²) in [6.07, 6.45) is 2.73. The number of hydrogen-bond donors (Lipinski definition) is 0. The molecule has 3 nitrogen and oxygen atoms in total. The van der Waals surface area contributed by atoms with Gasteiger partial charge in [-0.3, -0.25) is 0 Å². The van der Waals surface area contributed by atoms with Gasteiger partial charge in [0.05, 0.1) is 17.8 Å². The fraction of sp³-hybridized carbons (Fsp3) is 0.100. The third-order valence-corrected chi connectivity index (χ3v) is 2.08. The van der Waals surface area contributed by atoms with Crippen LogP contribution in [0.1, 0.15) is 5.69 Å². The highest BCUT2D eigenvalue weighted by Crippen LogP contribution is 2.12. The minimum atomic E-state index is -0.382. The van der Waals surface area contributed by atoms with Gasteiger partial charge >= 0.3 is 0 Å². The minimum absolute atomic E-state index is 0.316. The standard InChI is InChI=1S/C10H7ClFN3/c11-5-8-3-4-13-10(15-8)9-2-1-7(12)6-14-9/h1-4,6H,5H2. The molecule has 0 atom stereocenters. The van der Waals surface area contributed by atoms with Crippen molar-refractivity contribution in [3.63, 3.8) is 0 Å². The monoisotopic (exact) mass is 223 g/mol. The van der Waals surface area contributed by atoms with Gasteiger partial charge in [-0.25, -0.2) is 19.3 Å². The van der Waals surface area contributed by atoms with Gasteiger partial charge in [0.25, 0.3) is 0 Å². The molecule has 2 rings (SSSR count). The zero-order chi connectivity index (χ0) is 10.7. The van der Waals surface area contributed by atoms with Crippen LogP contribution in [0.4, 0.5) is 4.39 Å². The Balaban J connectivity index is 2.40. The molecule has 0 N–H and O–H groups in total. The van der Waals surface area contributed by atoms with Crippen molar-refractivity contribution in [1.82, 2.24) is 15.0 Å². The molecule has 2 heterocycles. The number of rotatable bonds is 2.